The third kappa shape index (κ3) is 5.53. The van der Waals surface area contributed by atoms with E-state index in [2.05, 4.69) is 34.9 Å². The van der Waals surface area contributed by atoms with Gasteiger partial charge >= 0.3 is 5.97 Å². The van der Waals surface area contributed by atoms with Gasteiger partial charge in [0, 0.05) is 25.1 Å². The molecule has 0 radical (unpaired) electrons. The fourth-order valence-electron chi connectivity index (χ4n) is 5.27. The number of rotatable bonds is 8. The molecule has 2 fully saturated rings. The van der Waals surface area contributed by atoms with Gasteiger partial charge in [0.2, 0.25) is 0 Å². The summed E-state index contributed by atoms with van der Waals surface area (Å²) in [5.74, 6) is -1.46. The molecule has 0 bridgehead atoms. The van der Waals surface area contributed by atoms with Crippen LogP contribution in [-0.4, -0.2) is 36.8 Å². The third-order valence-electron chi connectivity index (χ3n) is 7.03. The van der Waals surface area contributed by atoms with E-state index in [1.807, 2.05) is 7.05 Å². The first-order chi connectivity index (χ1) is 16.0. The topological polar surface area (TPSA) is 70.6 Å². The molecule has 7 heteroatoms. The molecular weight excluding hydrogens is 426 g/mol. The Balaban J connectivity index is 1.39. The average Bonchev–Trinajstić information content (AvgIpc) is 3.29. The standard InChI is InChI=1S/C26H32F2N2O3/c1-29-14-18-4-2-3-5-20(18)17-8-6-16(7-9-17)12-21-22(27)10-11-24(25(21)28)33-19-13-23(26(31)32)30-15-19/h2-5,10-11,16-17,19,23,29-30H,6-9,12-15H2,1H3,(H,31,32)/t16-,17-,19-,23-/m0/s1. The Morgan fingerprint density at radius 2 is 1.91 bits per heavy atom. The zero-order chi connectivity index (χ0) is 23.4. The minimum absolute atomic E-state index is 0.00100. The van der Waals surface area contributed by atoms with Crippen molar-refractivity contribution in [2.24, 2.45) is 5.92 Å². The van der Waals surface area contributed by atoms with E-state index < -0.39 is 29.7 Å². The lowest BCUT2D eigenvalue weighted by atomic mass is 9.75. The van der Waals surface area contributed by atoms with Crippen molar-refractivity contribution in [3.8, 4) is 5.75 Å². The summed E-state index contributed by atoms with van der Waals surface area (Å²) >= 11 is 0. The van der Waals surface area contributed by atoms with Gasteiger partial charge < -0.3 is 20.5 Å². The number of nitrogens with one attached hydrogen (secondary N) is 2. The van der Waals surface area contributed by atoms with Gasteiger partial charge in [-0.3, -0.25) is 4.79 Å². The first-order valence-corrected chi connectivity index (χ1v) is 11.8. The minimum Gasteiger partial charge on any atom is -0.486 e. The summed E-state index contributed by atoms with van der Waals surface area (Å²) in [5.41, 5.74) is 2.77. The predicted octanol–water partition coefficient (Wildman–Crippen LogP) is 4.39. The molecule has 3 N–H and O–H groups in total. The normalized spacial score (nSPS) is 25.2. The van der Waals surface area contributed by atoms with Crippen LogP contribution in [0.5, 0.6) is 5.75 Å². The Morgan fingerprint density at radius 1 is 1.15 bits per heavy atom. The molecule has 0 unspecified atom stereocenters. The number of ether oxygens (including phenoxy) is 1. The maximum atomic E-state index is 15.2. The number of hydrogen-bond acceptors (Lipinski definition) is 4. The predicted molar refractivity (Wildman–Crippen MR) is 122 cm³/mol. The lowest BCUT2D eigenvalue weighted by Gasteiger charge is -2.30. The average molecular weight is 459 g/mol. The summed E-state index contributed by atoms with van der Waals surface area (Å²) < 4.78 is 35.4. The molecule has 2 aromatic rings. The highest BCUT2D eigenvalue weighted by Crippen LogP contribution is 2.39. The van der Waals surface area contributed by atoms with Gasteiger partial charge in [-0.05, 0) is 74.2 Å². The van der Waals surface area contributed by atoms with Gasteiger partial charge in [-0.2, -0.15) is 0 Å². The van der Waals surface area contributed by atoms with Crippen molar-refractivity contribution in [1.82, 2.24) is 10.6 Å². The van der Waals surface area contributed by atoms with E-state index in [4.69, 9.17) is 9.84 Å². The van der Waals surface area contributed by atoms with Gasteiger partial charge in [0.1, 0.15) is 18.0 Å². The first-order valence-electron chi connectivity index (χ1n) is 11.8. The molecule has 0 spiro atoms. The van der Waals surface area contributed by atoms with Crippen molar-refractivity contribution < 1.29 is 23.4 Å². The highest BCUT2D eigenvalue weighted by molar-refractivity contribution is 5.73. The van der Waals surface area contributed by atoms with E-state index in [9.17, 15) is 9.18 Å². The van der Waals surface area contributed by atoms with Crippen LogP contribution in [0.4, 0.5) is 8.78 Å². The molecule has 2 atom stereocenters. The molecule has 2 aliphatic rings. The molecule has 1 heterocycles. The summed E-state index contributed by atoms with van der Waals surface area (Å²) in [6, 6.07) is 10.4. The van der Waals surface area contributed by atoms with Crippen LogP contribution >= 0.6 is 0 Å². The summed E-state index contributed by atoms with van der Waals surface area (Å²) in [6.07, 6.45) is 4.02. The zero-order valence-electron chi connectivity index (χ0n) is 18.9. The monoisotopic (exact) mass is 458 g/mol. The molecule has 0 amide bonds. The molecular formula is C26H32F2N2O3. The molecule has 0 aromatic heterocycles. The number of benzene rings is 2. The van der Waals surface area contributed by atoms with Gasteiger partial charge in [-0.1, -0.05) is 24.3 Å². The largest absolute Gasteiger partial charge is 0.486 e. The lowest BCUT2D eigenvalue weighted by Crippen LogP contribution is -2.30. The van der Waals surface area contributed by atoms with Crippen molar-refractivity contribution in [2.75, 3.05) is 13.6 Å². The van der Waals surface area contributed by atoms with Crippen molar-refractivity contribution in [3.05, 3.63) is 64.7 Å². The van der Waals surface area contributed by atoms with E-state index in [0.29, 0.717) is 18.9 Å². The van der Waals surface area contributed by atoms with Crippen LogP contribution in [0.3, 0.4) is 0 Å². The molecule has 1 saturated heterocycles. The smallest absolute Gasteiger partial charge is 0.320 e. The highest BCUT2D eigenvalue weighted by Gasteiger charge is 2.32. The zero-order valence-corrected chi connectivity index (χ0v) is 18.9. The first kappa shape index (κ1) is 23.6. The van der Waals surface area contributed by atoms with E-state index >= 15 is 4.39 Å². The fourth-order valence-corrected chi connectivity index (χ4v) is 5.27. The Bertz CT molecular complexity index is 976. The van der Waals surface area contributed by atoms with Crippen LogP contribution in [-0.2, 0) is 17.8 Å². The van der Waals surface area contributed by atoms with Crippen LogP contribution in [0.15, 0.2) is 36.4 Å². The molecule has 4 rings (SSSR count). The van der Waals surface area contributed by atoms with Crippen LogP contribution in [0.1, 0.15) is 54.7 Å². The van der Waals surface area contributed by atoms with Crippen LogP contribution in [0.25, 0.3) is 0 Å². The highest BCUT2D eigenvalue weighted by atomic mass is 19.1. The lowest BCUT2D eigenvalue weighted by molar-refractivity contribution is -0.139. The summed E-state index contributed by atoms with van der Waals surface area (Å²) in [6.45, 7) is 1.16. The quantitative estimate of drug-likeness (QED) is 0.547. The second-order valence-electron chi connectivity index (χ2n) is 9.26. The van der Waals surface area contributed by atoms with Crippen molar-refractivity contribution in [2.45, 2.75) is 63.1 Å². The van der Waals surface area contributed by atoms with Gasteiger partial charge in [0.15, 0.2) is 11.6 Å². The number of carboxylic acid groups (broad SMARTS) is 1. The van der Waals surface area contributed by atoms with Crippen molar-refractivity contribution in [3.63, 3.8) is 0 Å². The molecule has 1 saturated carbocycles. The fraction of sp³-hybridized carbons (Fsp3) is 0.500. The van der Waals surface area contributed by atoms with Crippen LogP contribution in [0, 0.1) is 17.6 Å². The second kappa shape index (κ2) is 10.6. The number of carbonyl (C=O) groups is 1. The molecule has 1 aliphatic heterocycles. The van der Waals surface area contributed by atoms with E-state index in [1.54, 1.807) is 0 Å². The Hall–Kier alpha value is -2.51. The molecule has 5 nitrogen and oxygen atoms in total. The van der Waals surface area contributed by atoms with Crippen LogP contribution < -0.4 is 15.4 Å². The second-order valence-corrected chi connectivity index (χ2v) is 9.26. The van der Waals surface area contributed by atoms with E-state index in [1.165, 1.54) is 23.3 Å². The Morgan fingerprint density at radius 3 is 2.61 bits per heavy atom. The molecule has 2 aromatic carbocycles. The third-order valence-corrected chi connectivity index (χ3v) is 7.03. The van der Waals surface area contributed by atoms with Crippen LogP contribution in [0.2, 0.25) is 0 Å². The summed E-state index contributed by atoms with van der Waals surface area (Å²) in [4.78, 5) is 11.1. The minimum atomic E-state index is -0.953. The molecule has 33 heavy (non-hydrogen) atoms. The number of carboxylic acids is 1. The van der Waals surface area contributed by atoms with Crippen molar-refractivity contribution in [1.29, 1.82) is 0 Å². The molecule has 178 valence electrons. The van der Waals surface area contributed by atoms with Gasteiger partial charge in [0.25, 0.3) is 0 Å². The van der Waals surface area contributed by atoms with Gasteiger partial charge in [-0.25, -0.2) is 8.78 Å². The van der Waals surface area contributed by atoms with E-state index in [0.717, 1.165) is 32.2 Å². The SMILES string of the molecule is CNCc1ccccc1[C@H]1CC[C@H](Cc2c(F)ccc(O[C@@H]3CN[C@H](C(=O)O)C3)c2F)CC1. The Kier molecular flexibility index (Phi) is 7.60. The van der Waals surface area contributed by atoms with E-state index in [-0.39, 0.29) is 23.7 Å². The van der Waals surface area contributed by atoms with Crippen molar-refractivity contribution >= 4 is 5.97 Å². The summed E-state index contributed by atoms with van der Waals surface area (Å²) in [7, 11) is 1.95. The number of halogens is 2. The number of aliphatic carboxylic acids is 1. The molecule has 1 aliphatic carbocycles. The maximum Gasteiger partial charge on any atom is 0.320 e. The maximum absolute atomic E-state index is 15.2. The Labute approximate surface area is 193 Å². The van der Waals surface area contributed by atoms with Gasteiger partial charge in [-0.15, -0.1) is 0 Å². The summed E-state index contributed by atoms with van der Waals surface area (Å²) in [5, 5.41) is 15.2. The van der Waals surface area contributed by atoms with Gasteiger partial charge in [0.05, 0.1) is 0 Å². The number of hydrogen-bond donors (Lipinski definition) is 3.